The second kappa shape index (κ2) is 8.64. The smallest absolute Gasteiger partial charge is 0.306 e. The minimum absolute atomic E-state index is 0.0627. The van der Waals surface area contributed by atoms with Gasteiger partial charge >= 0.3 is 5.97 Å². The highest BCUT2D eigenvalue weighted by Gasteiger charge is 2.78. The number of hydrogen-bond acceptors (Lipinski definition) is 6. The number of halogens is 3. The predicted molar refractivity (Wildman–Crippen MR) is 134 cm³/mol. The topological polar surface area (TPSA) is 80.7 Å². The molecule has 9 atom stereocenters. The molecule has 0 spiro atoms. The number of hydrogen-bond donors (Lipinski definition) is 1. The highest BCUT2D eigenvalue weighted by molar-refractivity contribution is 14.1. The van der Waals surface area contributed by atoms with Crippen molar-refractivity contribution in [3.05, 3.63) is 23.8 Å². The maximum absolute atomic E-state index is 17.3. The molecule has 2 unspecified atom stereocenters. The molecule has 0 amide bonds. The van der Waals surface area contributed by atoms with Crippen molar-refractivity contribution in [2.45, 2.75) is 76.9 Å². The molecule has 3 fully saturated rings. The Morgan fingerprint density at radius 3 is 2.59 bits per heavy atom. The van der Waals surface area contributed by atoms with Gasteiger partial charge in [-0.1, -0.05) is 61.2 Å². The van der Waals surface area contributed by atoms with Crippen LogP contribution in [0.15, 0.2) is 23.8 Å². The van der Waals surface area contributed by atoms with Gasteiger partial charge in [0.1, 0.15) is 6.17 Å². The van der Waals surface area contributed by atoms with E-state index in [4.69, 9.17) is 4.74 Å². The Bertz CT molecular complexity index is 986. The number of ether oxygens (including phenoxy) is 1. The maximum atomic E-state index is 17.3. The van der Waals surface area contributed by atoms with Crippen LogP contribution in [0, 0.1) is 28.6 Å². The van der Waals surface area contributed by atoms with Crippen molar-refractivity contribution >= 4 is 51.2 Å². The molecule has 0 heterocycles. The van der Waals surface area contributed by atoms with Crippen LogP contribution in [-0.4, -0.2) is 49.3 Å². The summed E-state index contributed by atoms with van der Waals surface area (Å²) in [5.74, 6) is -2.77. The van der Waals surface area contributed by atoms with Gasteiger partial charge in [0.15, 0.2) is 17.1 Å². The molecule has 4 rings (SSSR count). The Labute approximate surface area is 216 Å². The Morgan fingerprint density at radius 2 is 1.97 bits per heavy atom. The van der Waals surface area contributed by atoms with Gasteiger partial charge in [-0.05, 0) is 49.8 Å². The summed E-state index contributed by atoms with van der Waals surface area (Å²) in [6.45, 7) is 6.81. The third-order valence-corrected chi connectivity index (χ3v) is 10.8. The van der Waals surface area contributed by atoms with E-state index in [2.05, 4.69) is 22.6 Å². The number of rotatable bonds is 4. The largest absolute Gasteiger partial charge is 0.449 e. The average molecular weight is 608 g/mol. The zero-order valence-electron chi connectivity index (χ0n) is 19.8. The summed E-state index contributed by atoms with van der Waals surface area (Å²) < 4.78 is 39.3. The molecule has 3 saturated carbocycles. The van der Waals surface area contributed by atoms with E-state index in [0.717, 1.165) is 17.8 Å². The van der Waals surface area contributed by atoms with Crippen molar-refractivity contribution in [3.8, 4) is 0 Å². The number of aliphatic hydroxyl groups is 1. The lowest BCUT2D eigenvalue weighted by atomic mass is 9.44. The zero-order chi connectivity index (χ0) is 25.3. The second-order valence-electron chi connectivity index (χ2n) is 10.6. The van der Waals surface area contributed by atoms with Crippen molar-refractivity contribution in [2.24, 2.45) is 28.6 Å². The highest BCUT2D eigenvalue weighted by atomic mass is 127. The summed E-state index contributed by atoms with van der Waals surface area (Å²) in [7, 11) is 0. The summed E-state index contributed by atoms with van der Waals surface area (Å²) in [5, 5.41) is 11.1. The van der Waals surface area contributed by atoms with Crippen LogP contribution in [0.25, 0.3) is 0 Å². The van der Waals surface area contributed by atoms with Gasteiger partial charge in [0, 0.05) is 29.1 Å². The van der Waals surface area contributed by atoms with Crippen LogP contribution in [0.5, 0.6) is 0 Å². The third kappa shape index (κ3) is 3.20. The van der Waals surface area contributed by atoms with Crippen molar-refractivity contribution in [3.63, 3.8) is 0 Å². The molecule has 5 nitrogen and oxygen atoms in total. The molecule has 0 aromatic heterocycles. The summed E-state index contributed by atoms with van der Waals surface area (Å²) in [6, 6.07) is 0. The first-order valence-corrected chi connectivity index (χ1v) is 14.3. The number of thioether (sulfide) groups is 1. The third-order valence-electron chi connectivity index (χ3n) is 9.22. The first-order chi connectivity index (χ1) is 15.8. The fourth-order valence-corrected chi connectivity index (χ4v) is 9.26. The first kappa shape index (κ1) is 26.3. The maximum Gasteiger partial charge on any atom is 0.306 e. The van der Waals surface area contributed by atoms with E-state index in [1.165, 1.54) is 12.2 Å². The minimum Gasteiger partial charge on any atom is -0.449 e. The molecule has 0 aromatic carbocycles. The van der Waals surface area contributed by atoms with E-state index in [0.29, 0.717) is 10.2 Å². The molecule has 34 heavy (non-hydrogen) atoms. The van der Waals surface area contributed by atoms with E-state index in [-0.39, 0.29) is 30.0 Å². The molecule has 4 aliphatic carbocycles. The summed E-state index contributed by atoms with van der Waals surface area (Å²) >= 11 is 3.11. The van der Waals surface area contributed by atoms with Gasteiger partial charge in [-0.3, -0.25) is 14.4 Å². The van der Waals surface area contributed by atoms with Gasteiger partial charge in [-0.15, -0.1) is 0 Å². The fraction of sp³-hybridized carbons (Fsp3) is 0.720. The van der Waals surface area contributed by atoms with E-state index < -0.39 is 63.9 Å². The molecule has 188 valence electrons. The monoisotopic (exact) mass is 608 g/mol. The number of carbonyl (C=O) groups is 3. The molecule has 0 saturated heterocycles. The summed E-state index contributed by atoms with van der Waals surface area (Å²) in [4.78, 5) is 38.1. The van der Waals surface area contributed by atoms with Crippen LogP contribution in [0.3, 0.4) is 0 Å². The summed E-state index contributed by atoms with van der Waals surface area (Å²) in [6.07, 6.45) is 0.845. The van der Waals surface area contributed by atoms with Gasteiger partial charge < -0.3 is 9.84 Å². The number of fused-ring (bicyclic) bond motifs is 5. The van der Waals surface area contributed by atoms with E-state index in [9.17, 15) is 19.5 Å². The molecular formula is C25H31F2IO5S. The molecule has 1 N–H and O–H groups in total. The van der Waals surface area contributed by atoms with Gasteiger partial charge in [0.05, 0.1) is 9.86 Å². The average Bonchev–Trinajstić information content (AvgIpc) is 2.99. The van der Waals surface area contributed by atoms with Crippen LogP contribution in [0.4, 0.5) is 8.78 Å². The lowest BCUT2D eigenvalue weighted by Gasteiger charge is -2.63. The Hall–Kier alpha value is -0.810. The zero-order valence-corrected chi connectivity index (χ0v) is 22.8. The standard InChI is InChI=1S/C25H31F2IO5S/c1-5-20(31)33-25(21(32)34-12-28)13(2)8-15-16-10-18(26)17-9-14(29)6-7-22(17,3)24(16,27)19(30)11-23(15,25)4/h6-7,9,13,15-16,18-19,30H,5,8,10-12H2,1-4H3/t13-,15?,16?,18+,19+,22+,23+,24+,25+/m1/s1. The van der Waals surface area contributed by atoms with Crippen molar-refractivity contribution in [1.82, 2.24) is 0 Å². The van der Waals surface area contributed by atoms with Crippen LogP contribution in [0.2, 0.25) is 0 Å². The molecular weight excluding hydrogens is 577 g/mol. The van der Waals surface area contributed by atoms with Crippen LogP contribution >= 0.6 is 34.4 Å². The second-order valence-corrected chi connectivity index (χ2v) is 13.3. The number of carbonyl (C=O) groups excluding carboxylic acids is 3. The lowest BCUT2D eigenvalue weighted by Crippen LogP contribution is -2.70. The highest BCUT2D eigenvalue weighted by Crippen LogP contribution is 2.72. The number of esters is 1. The quantitative estimate of drug-likeness (QED) is 0.278. The SMILES string of the molecule is CCC(=O)O[C@]1(C(=O)SCI)[C@H](C)CC2C3C[C@H](F)C4=CC(=O)C=C[C@]4(C)[C@@]3(F)[C@@H](O)C[C@@]21C. The van der Waals surface area contributed by atoms with Crippen molar-refractivity contribution < 1.29 is 33.0 Å². The normalized spacial score (nSPS) is 47.4. The van der Waals surface area contributed by atoms with Crippen LogP contribution < -0.4 is 0 Å². The van der Waals surface area contributed by atoms with Gasteiger partial charge in [0.2, 0.25) is 5.12 Å². The van der Waals surface area contributed by atoms with Gasteiger partial charge in [-0.2, -0.15) is 0 Å². The van der Waals surface area contributed by atoms with Crippen molar-refractivity contribution in [1.29, 1.82) is 0 Å². The number of ketones is 1. The molecule has 0 aromatic rings. The number of aliphatic hydroxyl groups excluding tert-OH is 1. The van der Waals surface area contributed by atoms with Gasteiger partial charge in [-0.25, -0.2) is 8.78 Å². The predicted octanol–water partition coefficient (Wildman–Crippen LogP) is 4.90. The molecule has 9 heteroatoms. The van der Waals surface area contributed by atoms with Crippen LogP contribution in [0.1, 0.15) is 53.4 Å². The Morgan fingerprint density at radius 1 is 1.29 bits per heavy atom. The minimum atomic E-state index is -2.23. The summed E-state index contributed by atoms with van der Waals surface area (Å²) in [5.41, 5.74) is -6.26. The molecule has 0 radical (unpaired) electrons. The molecule has 0 aliphatic heterocycles. The first-order valence-electron chi connectivity index (χ1n) is 11.7. The lowest BCUT2D eigenvalue weighted by molar-refractivity contribution is -0.228. The molecule has 4 aliphatic rings. The Balaban J connectivity index is 1.87. The molecule has 0 bridgehead atoms. The Kier molecular flexibility index (Phi) is 6.68. The van der Waals surface area contributed by atoms with Gasteiger partial charge in [0.25, 0.3) is 0 Å². The van der Waals surface area contributed by atoms with E-state index >= 15 is 8.78 Å². The van der Waals surface area contributed by atoms with E-state index in [1.807, 2.05) is 6.92 Å². The van der Waals surface area contributed by atoms with Crippen LogP contribution in [-0.2, 0) is 19.1 Å². The van der Waals surface area contributed by atoms with Crippen molar-refractivity contribution in [2.75, 3.05) is 3.76 Å². The number of alkyl halides is 3. The number of allylic oxidation sites excluding steroid dienone is 4. The fourth-order valence-electron chi connectivity index (χ4n) is 7.63. The van der Waals surface area contributed by atoms with E-state index in [1.54, 1.807) is 20.8 Å².